The summed E-state index contributed by atoms with van der Waals surface area (Å²) in [5.74, 6) is -17.6. The Kier molecular flexibility index (Phi) is 22.2. The number of thiophene rings is 2. The zero-order chi connectivity index (χ0) is 50.7. The van der Waals surface area contributed by atoms with Gasteiger partial charge in [-0.05, 0) is 97.1 Å². The number of esters is 2. The molecule has 0 bridgehead atoms. The molecule has 0 saturated heterocycles. The van der Waals surface area contributed by atoms with Gasteiger partial charge in [0.2, 0.25) is 0 Å². The van der Waals surface area contributed by atoms with Crippen LogP contribution in [0.1, 0.15) is 87.0 Å². The first-order valence-corrected chi connectivity index (χ1v) is 24.8. The van der Waals surface area contributed by atoms with Gasteiger partial charge in [-0.3, -0.25) is 0 Å². The van der Waals surface area contributed by atoms with Crippen LogP contribution in [-0.4, -0.2) is 130 Å². The summed E-state index contributed by atoms with van der Waals surface area (Å²) in [6, 6.07) is 13.0. The van der Waals surface area contributed by atoms with E-state index in [4.69, 9.17) is 42.6 Å². The lowest BCUT2D eigenvalue weighted by Gasteiger charge is -2.25. The van der Waals surface area contributed by atoms with Gasteiger partial charge in [0.25, 0.3) is 0 Å². The number of carbonyl (C=O) groups excluding carboxylic acids is 2. The Morgan fingerprint density at radius 1 is 0.500 bits per heavy atom. The number of methoxy groups -OCH3 is 2. The van der Waals surface area contributed by atoms with Crippen molar-refractivity contribution in [3.05, 3.63) is 86.6 Å². The molecule has 2 aromatic heterocycles. The van der Waals surface area contributed by atoms with Crippen LogP contribution in [0.15, 0.2) is 54.6 Å². The van der Waals surface area contributed by atoms with Crippen molar-refractivity contribution in [1.29, 1.82) is 0 Å². The molecule has 0 fully saturated rings. The molecule has 2 aromatic carbocycles. The van der Waals surface area contributed by atoms with Crippen LogP contribution in [0.4, 0.5) is 26.3 Å². The summed E-state index contributed by atoms with van der Waals surface area (Å²) in [6.07, 6.45) is 6.57. The molecule has 19 heteroatoms. The third-order valence-corrected chi connectivity index (χ3v) is 13.4. The summed E-state index contributed by atoms with van der Waals surface area (Å²) in [5, 5.41) is 0. The van der Waals surface area contributed by atoms with Crippen LogP contribution in [0.2, 0.25) is 0 Å². The summed E-state index contributed by atoms with van der Waals surface area (Å²) in [7, 11) is 3.09. The first-order valence-electron chi connectivity index (χ1n) is 23.2. The molecule has 11 nitrogen and oxygen atoms in total. The number of unbranched alkanes of at least 4 members (excludes halogenated alkanes) is 5. The standard InChI is InChI=1S/C51H62F6O11S2/c1-6-7-8-9-10-11-16-66-40-14-12-36(13-15-40)43-32-41(34(2)69-43)45-46(50(54,55)51(56,57)49(45,52)53)42-33-44(70-35(42)3)37-29-38(47(58)67-27-25-64-23-21-62-19-17-60-4)31-39(30-37)48(59)68-28-26-65-24-22-63-20-18-61-5/h12-15,29-33H,6-11,16-28H2,1-5H3. The third kappa shape index (κ3) is 14.6. The van der Waals surface area contributed by atoms with E-state index in [0.717, 1.165) is 54.4 Å². The second kappa shape index (κ2) is 27.5. The first-order chi connectivity index (χ1) is 33.6. The van der Waals surface area contributed by atoms with E-state index in [0.29, 0.717) is 49.2 Å². The predicted octanol–water partition coefficient (Wildman–Crippen LogP) is 12.0. The molecular weight excluding hydrogens is 967 g/mol. The van der Waals surface area contributed by atoms with Gasteiger partial charge in [0.15, 0.2) is 0 Å². The highest BCUT2D eigenvalue weighted by Gasteiger charge is 2.80. The van der Waals surface area contributed by atoms with Crippen LogP contribution in [0, 0.1) is 13.8 Å². The van der Waals surface area contributed by atoms with Gasteiger partial charge >= 0.3 is 29.7 Å². The number of carbonyl (C=O) groups is 2. The van der Waals surface area contributed by atoms with Crippen molar-refractivity contribution in [3.8, 4) is 26.6 Å². The SMILES string of the molecule is CCCCCCCCOc1ccc(-c2cc(C3=C(c4cc(-c5cc(C(=O)OCCOCCOCCOC)cc(C(=O)OCCOCCOCCOC)c5)sc4C)C(F)(F)C(F)(F)C3(F)F)c(C)s2)cc1. The lowest BCUT2D eigenvalue weighted by Crippen LogP contribution is -2.48. The molecule has 1 aliphatic carbocycles. The highest BCUT2D eigenvalue weighted by Crippen LogP contribution is 2.66. The van der Waals surface area contributed by atoms with Crippen LogP contribution in [0.25, 0.3) is 32.0 Å². The minimum absolute atomic E-state index is 0.00383. The number of hydrogen-bond acceptors (Lipinski definition) is 13. The first kappa shape index (κ1) is 56.6. The zero-order valence-corrected chi connectivity index (χ0v) is 41.8. The second-order valence-corrected chi connectivity index (χ2v) is 18.8. The lowest BCUT2D eigenvalue weighted by atomic mass is 9.94. The quantitative estimate of drug-likeness (QED) is 0.0264. The summed E-state index contributed by atoms with van der Waals surface area (Å²) < 4.78 is 144. The molecule has 0 unspecified atom stereocenters. The van der Waals surface area contributed by atoms with Crippen molar-refractivity contribution in [1.82, 2.24) is 0 Å². The van der Waals surface area contributed by atoms with Crippen molar-refractivity contribution >= 4 is 45.8 Å². The predicted molar refractivity (Wildman–Crippen MR) is 257 cm³/mol. The summed E-state index contributed by atoms with van der Waals surface area (Å²) in [5.41, 5.74) is -3.61. The minimum Gasteiger partial charge on any atom is -0.494 e. The molecule has 0 amide bonds. The summed E-state index contributed by atoms with van der Waals surface area (Å²) in [6.45, 7) is 7.62. The molecule has 0 radical (unpaired) electrons. The number of ether oxygens (including phenoxy) is 9. The smallest absolute Gasteiger partial charge is 0.380 e. The fourth-order valence-electron chi connectivity index (χ4n) is 7.45. The maximum atomic E-state index is 16.2. The highest BCUT2D eigenvalue weighted by atomic mass is 32.1. The Bertz CT molecular complexity index is 2260. The Labute approximate surface area is 413 Å². The fourth-order valence-corrected chi connectivity index (χ4v) is 9.50. The number of allylic oxidation sites excluding steroid dienone is 2. The second-order valence-electron chi connectivity index (χ2n) is 16.3. The fraction of sp³-hybridized carbons (Fsp3) is 0.529. The van der Waals surface area contributed by atoms with Gasteiger partial charge in [0, 0.05) is 44.9 Å². The van der Waals surface area contributed by atoms with E-state index < -0.39 is 52.0 Å². The van der Waals surface area contributed by atoms with E-state index in [2.05, 4.69) is 6.92 Å². The van der Waals surface area contributed by atoms with E-state index in [9.17, 15) is 9.59 Å². The monoisotopic (exact) mass is 1030 g/mol. The normalized spacial score (nSPS) is 14.9. The maximum absolute atomic E-state index is 16.2. The molecule has 70 heavy (non-hydrogen) atoms. The van der Waals surface area contributed by atoms with Gasteiger partial charge in [0.05, 0.1) is 83.8 Å². The molecule has 0 spiro atoms. The Hall–Kier alpha value is -4.34. The van der Waals surface area contributed by atoms with Crippen LogP contribution in [0.3, 0.4) is 0 Å². The van der Waals surface area contributed by atoms with E-state index in [1.54, 1.807) is 38.5 Å². The minimum atomic E-state index is -5.80. The van der Waals surface area contributed by atoms with Crippen LogP contribution >= 0.6 is 22.7 Å². The average Bonchev–Trinajstić information content (AvgIpc) is 3.94. The Balaban J connectivity index is 1.43. The van der Waals surface area contributed by atoms with E-state index in [-0.39, 0.29) is 84.2 Å². The number of hydrogen-bond donors (Lipinski definition) is 0. The Morgan fingerprint density at radius 3 is 1.37 bits per heavy atom. The van der Waals surface area contributed by atoms with Gasteiger partial charge in [-0.25, -0.2) is 9.59 Å². The van der Waals surface area contributed by atoms with Gasteiger partial charge < -0.3 is 42.6 Å². The van der Waals surface area contributed by atoms with Gasteiger partial charge in [-0.2, -0.15) is 26.3 Å². The van der Waals surface area contributed by atoms with Crippen molar-refractivity contribution in [2.45, 2.75) is 77.1 Å². The number of aryl methyl sites for hydroxylation is 2. The molecule has 2 heterocycles. The largest absolute Gasteiger partial charge is 0.494 e. The van der Waals surface area contributed by atoms with Crippen LogP contribution in [0.5, 0.6) is 5.75 Å². The number of benzene rings is 2. The van der Waals surface area contributed by atoms with Gasteiger partial charge in [0.1, 0.15) is 19.0 Å². The molecule has 0 N–H and O–H groups in total. The molecular formula is C51H62F6O11S2. The van der Waals surface area contributed by atoms with E-state index >= 15 is 26.3 Å². The van der Waals surface area contributed by atoms with Crippen molar-refractivity contribution in [2.75, 3.05) is 100 Å². The molecule has 4 aromatic rings. The number of halogens is 6. The molecule has 0 saturated carbocycles. The number of rotatable bonds is 32. The lowest BCUT2D eigenvalue weighted by molar-refractivity contribution is -0.254. The van der Waals surface area contributed by atoms with Crippen molar-refractivity contribution in [3.63, 3.8) is 0 Å². The molecule has 0 atom stereocenters. The molecule has 386 valence electrons. The number of alkyl halides is 6. The third-order valence-electron chi connectivity index (χ3n) is 11.2. The zero-order valence-electron chi connectivity index (χ0n) is 40.2. The van der Waals surface area contributed by atoms with Crippen molar-refractivity contribution in [2.24, 2.45) is 0 Å². The van der Waals surface area contributed by atoms with Gasteiger partial charge in [-0.1, -0.05) is 39.0 Å². The highest BCUT2D eigenvalue weighted by molar-refractivity contribution is 7.16. The average molecular weight is 1030 g/mol. The maximum Gasteiger partial charge on any atom is 0.380 e. The van der Waals surface area contributed by atoms with E-state index in [1.807, 2.05) is 0 Å². The summed E-state index contributed by atoms with van der Waals surface area (Å²) in [4.78, 5) is 27.5. The Morgan fingerprint density at radius 2 is 0.914 bits per heavy atom. The summed E-state index contributed by atoms with van der Waals surface area (Å²) >= 11 is 1.84. The van der Waals surface area contributed by atoms with Gasteiger partial charge in [-0.15, -0.1) is 22.7 Å². The van der Waals surface area contributed by atoms with E-state index in [1.165, 1.54) is 51.0 Å². The molecule has 5 rings (SSSR count). The van der Waals surface area contributed by atoms with Crippen molar-refractivity contribution < 1.29 is 78.6 Å². The molecule has 1 aliphatic rings. The topological polar surface area (TPSA) is 117 Å². The molecule has 0 aliphatic heterocycles. The van der Waals surface area contributed by atoms with Crippen LogP contribution in [-0.2, 0) is 37.9 Å². The van der Waals surface area contributed by atoms with Crippen LogP contribution < -0.4 is 4.74 Å².